The number of hydrogen-bond acceptors (Lipinski definition) is 2. The second kappa shape index (κ2) is 7.08. The van der Waals surface area contributed by atoms with Gasteiger partial charge in [-0.1, -0.05) is 41.5 Å². The maximum absolute atomic E-state index is 10.5. The van der Waals surface area contributed by atoms with Crippen molar-refractivity contribution in [3.63, 3.8) is 0 Å². The van der Waals surface area contributed by atoms with Gasteiger partial charge in [0.15, 0.2) is 0 Å². The summed E-state index contributed by atoms with van der Waals surface area (Å²) in [6.07, 6.45) is 4.65. The average Bonchev–Trinajstić information content (AvgIpc) is 2.57. The van der Waals surface area contributed by atoms with Crippen molar-refractivity contribution in [3.8, 4) is 0 Å². The van der Waals surface area contributed by atoms with Gasteiger partial charge in [-0.15, -0.1) is 0 Å². The molecule has 2 nitrogen and oxygen atoms in total. The number of aliphatic hydroxyl groups excluding tert-OH is 1. The molecule has 1 rings (SSSR count). The van der Waals surface area contributed by atoms with Crippen molar-refractivity contribution >= 4 is 0 Å². The Morgan fingerprint density at radius 3 is 2.16 bits per heavy atom. The molecule has 1 aliphatic rings. The van der Waals surface area contributed by atoms with Crippen LogP contribution in [0.25, 0.3) is 0 Å². The zero-order chi connectivity index (χ0) is 14.6. The molecule has 0 aromatic rings. The molecule has 0 saturated heterocycles. The highest BCUT2D eigenvalue weighted by molar-refractivity contribution is 4.92. The Labute approximate surface area is 120 Å². The van der Waals surface area contributed by atoms with Crippen LogP contribution in [0.3, 0.4) is 0 Å². The minimum Gasteiger partial charge on any atom is -0.392 e. The van der Waals surface area contributed by atoms with Crippen LogP contribution in [-0.4, -0.2) is 35.2 Å². The predicted molar refractivity (Wildman–Crippen MR) is 83.3 cm³/mol. The number of nitrogens with zero attached hydrogens (tertiary/aromatic N) is 1. The number of rotatable bonds is 7. The van der Waals surface area contributed by atoms with Gasteiger partial charge in [0.2, 0.25) is 0 Å². The SMILES string of the molecule is CCC(CC)N(CC(C)C)CC1CCC(C)(C)C1O. The molecule has 0 aromatic heterocycles. The lowest BCUT2D eigenvalue weighted by atomic mass is 9.87. The summed E-state index contributed by atoms with van der Waals surface area (Å²) in [4.78, 5) is 2.64. The van der Waals surface area contributed by atoms with Crippen molar-refractivity contribution in [1.29, 1.82) is 0 Å². The first-order valence-corrected chi connectivity index (χ1v) is 8.23. The third-order valence-corrected chi connectivity index (χ3v) is 4.93. The Kier molecular flexibility index (Phi) is 6.32. The van der Waals surface area contributed by atoms with Gasteiger partial charge in [-0.3, -0.25) is 4.90 Å². The largest absolute Gasteiger partial charge is 0.392 e. The molecule has 1 N–H and O–H groups in total. The Morgan fingerprint density at radius 1 is 1.21 bits per heavy atom. The summed E-state index contributed by atoms with van der Waals surface area (Å²) in [5, 5.41) is 10.5. The molecular formula is C17H35NO. The summed E-state index contributed by atoms with van der Waals surface area (Å²) in [6.45, 7) is 15.8. The summed E-state index contributed by atoms with van der Waals surface area (Å²) in [7, 11) is 0. The highest BCUT2D eigenvalue weighted by atomic mass is 16.3. The van der Waals surface area contributed by atoms with Gasteiger partial charge in [-0.25, -0.2) is 0 Å². The van der Waals surface area contributed by atoms with E-state index < -0.39 is 0 Å². The predicted octanol–water partition coefficient (Wildman–Crippen LogP) is 3.93. The van der Waals surface area contributed by atoms with E-state index in [4.69, 9.17) is 0 Å². The van der Waals surface area contributed by atoms with Crippen molar-refractivity contribution in [1.82, 2.24) is 4.90 Å². The van der Waals surface area contributed by atoms with Crippen LogP contribution in [0.1, 0.15) is 67.2 Å². The zero-order valence-corrected chi connectivity index (χ0v) is 13.9. The molecule has 0 aliphatic heterocycles. The van der Waals surface area contributed by atoms with E-state index in [2.05, 4.69) is 46.4 Å². The van der Waals surface area contributed by atoms with Crippen LogP contribution in [0.5, 0.6) is 0 Å². The fraction of sp³-hybridized carbons (Fsp3) is 1.00. The van der Waals surface area contributed by atoms with Gasteiger partial charge in [0, 0.05) is 19.1 Å². The zero-order valence-electron chi connectivity index (χ0n) is 13.9. The van der Waals surface area contributed by atoms with E-state index in [1.165, 1.54) is 19.3 Å². The molecule has 0 spiro atoms. The van der Waals surface area contributed by atoms with Gasteiger partial charge in [-0.2, -0.15) is 0 Å². The van der Waals surface area contributed by atoms with E-state index in [-0.39, 0.29) is 11.5 Å². The lowest BCUT2D eigenvalue weighted by molar-refractivity contribution is 0.0231. The quantitative estimate of drug-likeness (QED) is 0.757. The van der Waals surface area contributed by atoms with Crippen LogP contribution in [0, 0.1) is 17.3 Å². The van der Waals surface area contributed by atoms with E-state index in [9.17, 15) is 5.11 Å². The van der Waals surface area contributed by atoms with Gasteiger partial charge < -0.3 is 5.11 Å². The van der Waals surface area contributed by atoms with Crippen LogP contribution in [0.15, 0.2) is 0 Å². The monoisotopic (exact) mass is 269 g/mol. The van der Waals surface area contributed by atoms with E-state index in [1.807, 2.05) is 0 Å². The molecular weight excluding hydrogens is 234 g/mol. The first-order chi connectivity index (χ1) is 8.81. The molecule has 2 unspecified atom stereocenters. The summed E-state index contributed by atoms with van der Waals surface area (Å²) in [5.41, 5.74) is 0.113. The number of aliphatic hydroxyl groups is 1. The van der Waals surface area contributed by atoms with Gasteiger partial charge in [0.25, 0.3) is 0 Å². The first-order valence-electron chi connectivity index (χ1n) is 8.23. The van der Waals surface area contributed by atoms with E-state index >= 15 is 0 Å². The molecule has 1 saturated carbocycles. The standard InChI is InChI=1S/C17H35NO/c1-7-15(8-2)18(11-13(3)4)12-14-9-10-17(5,6)16(14)19/h13-16,19H,7-12H2,1-6H3. The fourth-order valence-corrected chi connectivity index (χ4v) is 3.64. The van der Waals surface area contributed by atoms with Gasteiger partial charge >= 0.3 is 0 Å². The van der Waals surface area contributed by atoms with E-state index in [1.54, 1.807) is 0 Å². The Hall–Kier alpha value is -0.0800. The maximum atomic E-state index is 10.5. The molecule has 0 aromatic carbocycles. The fourth-order valence-electron chi connectivity index (χ4n) is 3.64. The maximum Gasteiger partial charge on any atom is 0.0631 e. The molecule has 2 atom stereocenters. The van der Waals surface area contributed by atoms with Crippen molar-refractivity contribution in [3.05, 3.63) is 0 Å². The van der Waals surface area contributed by atoms with Crippen molar-refractivity contribution in [2.75, 3.05) is 13.1 Å². The lowest BCUT2D eigenvalue weighted by Crippen LogP contribution is -2.43. The first kappa shape index (κ1) is 17.0. The van der Waals surface area contributed by atoms with Crippen LogP contribution in [-0.2, 0) is 0 Å². The van der Waals surface area contributed by atoms with Crippen LogP contribution in [0.2, 0.25) is 0 Å². The molecule has 0 amide bonds. The van der Waals surface area contributed by atoms with E-state index in [0.717, 1.165) is 19.5 Å². The second-order valence-corrected chi connectivity index (χ2v) is 7.55. The third kappa shape index (κ3) is 4.46. The van der Waals surface area contributed by atoms with Crippen molar-refractivity contribution in [2.45, 2.75) is 79.4 Å². The molecule has 0 radical (unpaired) electrons. The molecule has 0 heterocycles. The summed E-state index contributed by atoms with van der Waals surface area (Å²) in [5.74, 6) is 1.17. The highest BCUT2D eigenvalue weighted by Crippen LogP contribution is 2.41. The molecule has 19 heavy (non-hydrogen) atoms. The minimum absolute atomic E-state index is 0.113. The van der Waals surface area contributed by atoms with Gasteiger partial charge in [-0.05, 0) is 42.9 Å². The average molecular weight is 269 g/mol. The highest BCUT2D eigenvalue weighted by Gasteiger charge is 2.41. The summed E-state index contributed by atoms with van der Waals surface area (Å²) in [6, 6.07) is 0.679. The topological polar surface area (TPSA) is 23.5 Å². The molecule has 114 valence electrons. The van der Waals surface area contributed by atoms with Crippen molar-refractivity contribution in [2.24, 2.45) is 17.3 Å². The van der Waals surface area contributed by atoms with Gasteiger partial charge in [0.1, 0.15) is 0 Å². The van der Waals surface area contributed by atoms with Crippen LogP contribution < -0.4 is 0 Å². The molecule has 2 heteroatoms. The Bertz CT molecular complexity index is 258. The Balaban J connectivity index is 2.67. The van der Waals surface area contributed by atoms with Crippen LogP contribution >= 0.6 is 0 Å². The normalized spacial score (nSPS) is 26.8. The van der Waals surface area contributed by atoms with Crippen molar-refractivity contribution < 1.29 is 5.11 Å². The smallest absolute Gasteiger partial charge is 0.0631 e. The van der Waals surface area contributed by atoms with Crippen LogP contribution in [0.4, 0.5) is 0 Å². The Morgan fingerprint density at radius 2 is 1.79 bits per heavy atom. The summed E-state index contributed by atoms with van der Waals surface area (Å²) < 4.78 is 0. The molecule has 1 fully saturated rings. The second-order valence-electron chi connectivity index (χ2n) is 7.55. The minimum atomic E-state index is -0.128. The number of hydrogen-bond donors (Lipinski definition) is 1. The van der Waals surface area contributed by atoms with E-state index in [0.29, 0.717) is 17.9 Å². The molecule has 1 aliphatic carbocycles. The third-order valence-electron chi connectivity index (χ3n) is 4.93. The van der Waals surface area contributed by atoms with Gasteiger partial charge in [0.05, 0.1) is 6.10 Å². The molecule has 0 bridgehead atoms. The summed E-state index contributed by atoms with van der Waals surface area (Å²) >= 11 is 0. The lowest BCUT2D eigenvalue weighted by Gasteiger charge is -2.36.